The summed E-state index contributed by atoms with van der Waals surface area (Å²) < 4.78 is 4.73. The Morgan fingerprint density at radius 1 is 1.42 bits per heavy atom. The molecule has 112 valence electrons. The number of likely N-dealkylation sites (N-methyl/N-ethyl adjacent to an activating group) is 1. The first-order valence-electron chi connectivity index (χ1n) is 7.57. The Balaban J connectivity index is 2.40. The molecule has 1 N–H and O–H groups in total. The van der Waals surface area contributed by atoms with Crippen molar-refractivity contribution in [2.24, 2.45) is 11.8 Å². The van der Waals surface area contributed by atoms with Crippen LogP contribution in [0.5, 0.6) is 0 Å². The minimum absolute atomic E-state index is 0.0830. The fraction of sp³-hybridized carbons (Fsp3) is 0.933. The molecule has 1 aliphatic heterocycles. The maximum absolute atomic E-state index is 11.3. The van der Waals surface area contributed by atoms with E-state index in [-0.39, 0.29) is 5.97 Å². The number of piperidine rings is 1. The number of likely N-dealkylation sites (tertiary alicyclic amines) is 1. The van der Waals surface area contributed by atoms with Crippen molar-refractivity contribution in [2.45, 2.75) is 46.1 Å². The predicted octanol–water partition coefficient (Wildman–Crippen LogP) is 1.90. The van der Waals surface area contributed by atoms with Crippen LogP contribution in [0.25, 0.3) is 0 Å². The zero-order valence-corrected chi connectivity index (χ0v) is 12.9. The van der Waals surface area contributed by atoms with Crippen molar-refractivity contribution in [1.29, 1.82) is 0 Å². The number of carbonyl (C=O) groups is 1. The monoisotopic (exact) mass is 270 g/mol. The maximum Gasteiger partial charge on any atom is 0.305 e. The molecule has 0 saturated carbocycles. The molecular formula is C15H30N2O2. The van der Waals surface area contributed by atoms with Crippen LogP contribution in [0.2, 0.25) is 0 Å². The summed E-state index contributed by atoms with van der Waals surface area (Å²) in [5.41, 5.74) is 0. The summed E-state index contributed by atoms with van der Waals surface area (Å²) in [6, 6.07) is 0.568. The number of nitrogens with zero attached hydrogens (tertiary/aromatic N) is 1. The van der Waals surface area contributed by atoms with Crippen LogP contribution in [0.3, 0.4) is 0 Å². The number of ether oxygens (including phenoxy) is 1. The minimum atomic E-state index is -0.0830. The van der Waals surface area contributed by atoms with Gasteiger partial charge in [0.15, 0.2) is 0 Å². The molecule has 0 aromatic carbocycles. The number of esters is 1. The minimum Gasteiger partial charge on any atom is -0.469 e. The molecule has 4 heteroatoms. The van der Waals surface area contributed by atoms with Gasteiger partial charge in [0.1, 0.15) is 0 Å². The normalized spacial score (nSPS) is 24.7. The van der Waals surface area contributed by atoms with Gasteiger partial charge in [-0.1, -0.05) is 20.8 Å². The lowest BCUT2D eigenvalue weighted by Crippen LogP contribution is -2.49. The molecule has 0 aliphatic carbocycles. The van der Waals surface area contributed by atoms with E-state index in [0.717, 1.165) is 32.6 Å². The van der Waals surface area contributed by atoms with Crippen molar-refractivity contribution >= 4 is 5.97 Å². The molecule has 4 nitrogen and oxygen atoms in total. The van der Waals surface area contributed by atoms with E-state index >= 15 is 0 Å². The molecule has 0 aromatic heterocycles. The standard InChI is InChI=1S/C15H30N2O2/c1-5-17-10-13(6-7-15(18)19-4)8-14(11-17)16-9-12(2)3/h12-14,16H,5-11H2,1-4H3. The van der Waals surface area contributed by atoms with Crippen molar-refractivity contribution in [2.75, 3.05) is 33.3 Å². The van der Waals surface area contributed by atoms with Gasteiger partial charge in [0.05, 0.1) is 7.11 Å². The summed E-state index contributed by atoms with van der Waals surface area (Å²) in [6.07, 6.45) is 2.68. The third-order valence-corrected chi connectivity index (χ3v) is 3.86. The number of methoxy groups -OCH3 is 1. The lowest BCUT2D eigenvalue weighted by atomic mass is 9.90. The molecule has 2 atom stereocenters. The predicted molar refractivity (Wildman–Crippen MR) is 78.1 cm³/mol. The molecule has 1 saturated heterocycles. The van der Waals surface area contributed by atoms with Crippen LogP contribution >= 0.6 is 0 Å². The first-order chi connectivity index (χ1) is 9.05. The van der Waals surface area contributed by atoms with Crippen LogP contribution in [0.4, 0.5) is 0 Å². The summed E-state index contributed by atoms with van der Waals surface area (Å²) in [5.74, 6) is 1.21. The van der Waals surface area contributed by atoms with Crippen LogP contribution < -0.4 is 5.32 Å². The molecule has 0 bridgehead atoms. The summed E-state index contributed by atoms with van der Waals surface area (Å²) in [4.78, 5) is 13.7. The SMILES string of the molecule is CCN1CC(CCC(=O)OC)CC(NCC(C)C)C1. The zero-order chi connectivity index (χ0) is 14.3. The number of hydrogen-bond acceptors (Lipinski definition) is 4. The highest BCUT2D eigenvalue weighted by Crippen LogP contribution is 2.21. The van der Waals surface area contributed by atoms with Crippen LogP contribution in [0, 0.1) is 11.8 Å². The summed E-state index contributed by atoms with van der Waals surface area (Å²) >= 11 is 0. The van der Waals surface area contributed by atoms with Gasteiger partial charge in [0.2, 0.25) is 0 Å². The summed E-state index contributed by atoms with van der Waals surface area (Å²) in [7, 11) is 1.47. The number of hydrogen-bond donors (Lipinski definition) is 1. The molecule has 1 heterocycles. The van der Waals surface area contributed by atoms with Gasteiger partial charge in [-0.2, -0.15) is 0 Å². The molecule has 1 fully saturated rings. The Bertz CT molecular complexity index is 269. The van der Waals surface area contributed by atoms with Gasteiger partial charge in [0, 0.05) is 25.6 Å². The van der Waals surface area contributed by atoms with Gasteiger partial charge in [-0.25, -0.2) is 0 Å². The van der Waals surface area contributed by atoms with Crippen molar-refractivity contribution in [3.63, 3.8) is 0 Å². The number of carbonyl (C=O) groups excluding carboxylic acids is 1. The zero-order valence-electron chi connectivity index (χ0n) is 12.9. The van der Waals surface area contributed by atoms with E-state index in [2.05, 4.69) is 31.0 Å². The lowest BCUT2D eigenvalue weighted by molar-refractivity contribution is -0.141. The molecule has 0 radical (unpaired) electrons. The Morgan fingerprint density at radius 3 is 2.74 bits per heavy atom. The van der Waals surface area contributed by atoms with Gasteiger partial charge >= 0.3 is 5.97 Å². The first-order valence-corrected chi connectivity index (χ1v) is 7.57. The Kier molecular flexibility index (Phi) is 7.39. The Labute approximate surface area is 117 Å². The van der Waals surface area contributed by atoms with E-state index in [0.29, 0.717) is 24.3 Å². The molecule has 0 amide bonds. The van der Waals surface area contributed by atoms with E-state index in [1.165, 1.54) is 13.5 Å². The van der Waals surface area contributed by atoms with Crippen molar-refractivity contribution in [1.82, 2.24) is 10.2 Å². The van der Waals surface area contributed by atoms with E-state index in [9.17, 15) is 4.79 Å². The largest absolute Gasteiger partial charge is 0.469 e. The van der Waals surface area contributed by atoms with Gasteiger partial charge in [-0.3, -0.25) is 4.79 Å². The van der Waals surface area contributed by atoms with Crippen molar-refractivity contribution < 1.29 is 9.53 Å². The number of nitrogens with one attached hydrogen (secondary N) is 1. The molecule has 1 rings (SSSR count). The van der Waals surface area contributed by atoms with Crippen LogP contribution in [0.15, 0.2) is 0 Å². The lowest BCUT2D eigenvalue weighted by Gasteiger charge is -2.38. The highest BCUT2D eigenvalue weighted by molar-refractivity contribution is 5.69. The molecule has 0 aromatic rings. The number of rotatable bonds is 7. The smallest absolute Gasteiger partial charge is 0.305 e. The van der Waals surface area contributed by atoms with Crippen LogP contribution in [-0.2, 0) is 9.53 Å². The fourth-order valence-electron chi connectivity index (χ4n) is 2.74. The third-order valence-electron chi connectivity index (χ3n) is 3.86. The highest BCUT2D eigenvalue weighted by Gasteiger charge is 2.26. The highest BCUT2D eigenvalue weighted by atomic mass is 16.5. The average Bonchev–Trinajstić information content (AvgIpc) is 2.42. The first kappa shape index (κ1) is 16.4. The van der Waals surface area contributed by atoms with Crippen molar-refractivity contribution in [3.8, 4) is 0 Å². The second-order valence-electron chi connectivity index (χ2n) is 6.07. The molecule has 2 unspecified atom stereocenters. The Morgan fingerprint density at radius 2 is 2.16 bits per heavy atom. The van der Waals surface area contributed by atoms with Crippen molar-refractivity contribution in [3.05, 3.63) is 0 Å². The quantitative estimate of drug-likeness (QED) is 0.717. The Hall–Kier alpha value is -0.610. The molecule has 19 heavy (non-hydrogen) atoms. The molecule has 1 aliphatic rings. The van der Waals surface area contributed by atoms with Crippen LogP contribution in [-0.4, -0.2) is 50.2 Å². The second-order valence-corrected chi connectivity index (χ2v) is 6.07. The average molecular weight is 270 g/mol. The topological polar surface area (TPSA) is 41.6 Å². The van der Waals surface area contributed by atoms with E-state index in [1.54, 1.807) is 0 Å². The van der Waals surface area contributed by atoms with Gasteiger partial charge < -0.3 is 15.0 Å². The second kappa shape index (κ2) is 8.54. The summed E-state index contributed by atoms with van der Waals surface area (Å²) in [5, 5.41) is 3.66. The third kappa shape index (κ3) is 6.39. The van der Waals surface area contributed by atoms with E-state index in [1.807, 2.05) is 0 Å². The molecule has 0 spiro atoms. The van der Waals surface area contributed by atoms with Gasteiger partial charge in [0.25, 0.3) is 0 Å². The fourth-order valence-corrected chi connectivity index (χ4v) is 2.74. The maximum atomic E-state index is 11.3. The van der Waals surface area contributed by atoms with E-state index < -0.39 is 0 Å². The van der Waals surface area contributed by atoms with Gasteiger partial charge in [-0.05, 0) is 37.8 Å². The van der Waals surface area contributed by atoms with E-state index in [4.69, 9.17) is 4.74 Å². The molecular weight excluding hydrogens is 240 g/mol. The summed E-state index contributed by atoms with van der Waals surface area (Å²) in [6.45, 7) is 11.1. The van der Waals surface area contributed by atoms with Crippen LogP contribution in [0.1, 0.15) is 40.0 Å². The van der Waals surface area contributed by atoms with Gasteiger partial charge in [-0.15, -0.1) is 0 Å².